The molecule has 2 heterocycles. The standard InChI is InChI=1S/2C10H11NO/c2*1-7(12)8-2-3-10-9(6-8)4-5-11-10/h2*2-3,6,11H,4-5H2,1H3. The third-order valence-electron chi connectivity index (χ3n) is 4.44. The molecule has 124 valence electrons. The molecule has 0 aliphatic carbocycles. The van der Waals surface area contributed by atoms with E-state index in [2.05, 4.69) is 10.6 Å². The molecule has 24 heavy (non-hydrogen) atoms. The third kappa shape index (κ3) is 3.48. The van der Waals surface area contributed by atoms with E-state index in [4.69, 9.17) is 0 Å². The molecule has 0 fully saturated rings. The number of ketones is 2. The summed E-state index contributed by atoms with van der Waals surface area (Å²) in [6.07, 6.45) is 2.08. The van der Waals surface area contributed by atoms with Crippen LogP contribution in [0.25, 0.3) is 0 Å². The molecule has 2 aromatic rings. The second kappa shape index (κ2) is 6.87. The van der Waals surface area contributed by atoms with Crippen LogP contribution in [0.5, 0.6) is 0 Å². The molecular weight excluding hydrogens is 300 g/mol. The van der Waals surface area contributed by atoms with Crippen molar-refractivity contribution in [2.45, 2.75) is 26.7 Å². The molecule has 0 bridgehead atoms. The van der Waals surface area contributed by atoms with Crippen LogP contribution in [0, 0.1) is 0 Å². The number of hydrogen-bond acceptors (Lipinski definition) is 4. The maximum absolute atomic E-state index is 11.0. The van der Waals surface area contributed by atoms with Crippen LogP contribution in [0.1, 0.15) is 45.7 Å². The normalized spacial score (nSPS) is 13.8. The lowest BCUT2D eigenvalue weighted by molar-refractivity contribution is 0.100. The van der Waals surface area contributed by atoms with Crippen molar-refractivity contribution < 1.29 is 9.59 Å². The summed E-state index contributed by atoms with van der Waals surface area (Å²) in [5.74, 6) is 0.286. The molecule has 2 aliphatic rings. The van der Waals surface area contributed by atoms with Gasteiger partial charge in [-0.3, -0.25) is 9.59 Å². The molecule has 2 aromatic carbocycles. The van der Waals surface area contributed by atoms with Gasteiger partial charge in [0.05, 0.1) is 0 Å². The maximum atomic E-state index is 11.0. The van der Waals surface area contributed by atoms with Gasteiger partial charge < -0.3 is 10.6 Å². The Labute approximate surface area is 142 Å². The molecule has 2 N–H and O–H groups in total. The Bertz CT molecular complexity index is 729. The largest absolute Gasteiger partial charge is 0.384 e. The van der Waals surface area contributed by atoms with Gasteiger partial charge in [-0.25, -0.2) is 0 Å². The summed E-state index contributed by atoms with van der Waals surface area (Å²) in [5, 5.41) is 6.51. The first kappa shape index (κ1) is 16.2. The molecule has 0 spiro atoms. The number of carbonyl (C=O) groups is 2. The number of nitrogens with one attached hydrogen (secondary N) is 2. The van der Waals surface area contributed by atoms with Gasteiger partial charge in [-0.1, -0.05) is 0 Å². The molecule has 4 nitrogen and oxygen atoms in total. The van der Waals surface area contributed by atoms with Crippen LogP contribution in [-0.2, 0) is 12.8 Å². The number of Topliss-reactive ketones (excluding diaryl/α,β-unsaturated/α-hetero) is 2. The van der Waals surface area contributed by atoms with Crippen molar-refractivity contribution in [3.05, 3.63) is 58.7 Å². The minimum Gasteiger partial charge on any atom is -0.384 e. The number of benzene rings is 2. The van der Waals surface area contributed by atoms with E-state index < -0.39 is 0 Å². The molecule has 0 radical (unpaired) electrons. The van der Waals surface area contributed by atoms with E-state index in [1.54, 1.807) is 13.8 Å². The van der Waals surface area contributed by atoms with Crippen LogP contribution in [0.3, 0.4) is 0 Å². The first-order valence-electron chi connectivity index (χ1n) is 8.30. The highest BCUT2D eigenvalue weighted by Crippen LogP contribution is 2.23. The van der Waals surface area contributed by atoms with E-state index in [0.717, 1.165) is 37.1 Å². The average Bonchev–Trinajstić information content (AvgIpc) is 3.22. The first-order valence-corrected chi connectivity index (χ1v) is 8.30. The van der Waals surface area contributed by atoms with Crippen LogP contribution in [0.15, 0.2) is 36.4 Å². The Morgan fingerprint density at radius 3 is 1.54 bits per heavy atom. The minimum absolute atomic E-state index is 0.143. The molecule has 4 rings (SSSR count). The smallest absolute Gasteiger partial charge is 0.159 e. The molecule has 2 aliphatic heterocycles. The van der Waals surface area contributed by atoms with Crippen LogP contribution in [-0.4, -0.2) is 24.7 Å². The zero-order valence-corrected chi connectivity index (χ0v) is 14.1. The van der Waals surface area contributed by atoms with Crippen molar-refractivity contribution in [1.82, 2.24) is 0 Å². The molecule has 0 unspecified atom stereocenters. The maximum Gasteiger partial charge on any atom is 0.159 e. The van der Waals surface area contributed by atoms with E-state index in [1.807, 2.05) is 36.4 Å². The fourth-order valence-electron chi connectivity index (χ4n) is 3.05. The SMILES string of the molecule is CC(=O)c1ccc2c(c1)CCN2.CC(=O)c1ccc2c(c1)CCN2. The van der Waals surface area contributed by atoms with Gasteiger partial charge in [0.15, 0.2) is 11.6 Å². The third-order valence-corrected chi connectivity index (χ3v) is 4.44. The summed E-state index contributed by atoms with van der Waals surface area (Å²) in [4.78, 5) is 22.0. The number of hydrogen-bond donors (Lipinski definition) is 2. The quantitative estimate of drug-likeness (QED) is 0.828. The van der Waals surface area contributed by atoms with Crippen LogP contribution >= 0.6 is 0 Å². The van der Waals surface area contributed by atoms with E-state index in [0.29, 0.717) is 0 Å². The highest BCUT2D eigenvalue weighted by atomic mass is 16.1. The fourth-order valence-corrected chi connectivity index (χ4v) is 3.05. The number of carbonyl (C=O) groups excluding carboxylic acids is 2. The van der Waals surface area contributed by atoms with Crippen LogP contribution < -0.4 is 10.6 Å². The second-order valence-electron chi connectivity index (χ2n) is 6.21. The van der Waals surface area contributed by atoms with Gasteiger partial charge in [0.25, 0.3) is 0 Å². The Morgan fingerprint density at radius 2 is 1.17 bits per heavy atom. The number of rotatable bonds is 2. The van der Waals surface area contributed by atoms with Gasteiger partial charge >= 0.3 is 0 Å². The molecule has 0 amide bonds. The van der Waals surface area contributed by atoms with Gasteiger partial charge in [0, 0.05) is 35.6 Å². The zero-order valence-electron chi connectivity index (χ0n) is 14.1. The summed E-state index contributed by atoms with van der Waals surface area (Å²) in [6, 6.07) is 11.7. The minimum atomic E-state index is 0.143. The molecule has 4 heteroatoms. The van der Waals surface area contributed by atoms with Gasteiger partial charge in [0.2, 0.25) is 0 Å². The summed E-state index contributed by atoms with van der Waals surface area (Å²) < 4.78 is 0. The van der Waals surface area contributed by atoms with Crippen molar-refractivity contribution in [3.63, 3.8) is 0 Å². The predicted molar refractivity (Wildman–Crippen MR) is 97.3 cm³/mol. The van der Waals surface area contributed by atoms with Crippen molar-refractivity contribution >= 4 is 22.9 Å². The van der Waals surface area contributed by atoms with E-state index in [9.17, 15) is 9.59 Å². The van der Waals surface area contributed by atoms with Gasteiger partial charge in [-0.05, 0) is 74.2 Å². The fraction of sp³-hybridized carbons (Fsp3) is 0.300. The predicted octanol–water partition coefficient (Wildman–Crippen LogP) is 3.71. The Balaban J connectivity index is 0.000000141. The first-order chi connectivity index (χ1) is 11.5. The topological polar surface area (TPSA) is 58.2 Å². The van der Waals surface area contributed by atoms with Crippen molar-refractivity contribution in [3.8, 4) is 0 Å². The summed E-state index contributed by atoms with van der Waals surface area (Å²) >= 11 is 0. The molecule has 0 aromatic heterocycles. The van der Waals surface area contributed by atoms with Gasteiger partial charge in [-0.2, -0.15) is 0 Å². The zero-order chi connectivity index (χ0) is 17.1. The summed E-state index contributed by atoms with van der Waals surface area (Å²) in [6.45, 7) is 5.20. The second-order valence-corrected chi connectivity index (χ2v) is 6.21. The van der Waals surface area contributed by atoms with Crippen molar-refractivity contribution in [1.29, 1.82) is 0 Å². The summed E-state index contributed by atoms with van der Waals surface area (Å²) in [7, 11) is 0. The number of fused-ring (bicyclic) bond motifs is 2. The van der Waals surface area contributed by atoms with Gasteiger partial charge in [0.1, 0.15) is 0 Å². The lowest BCUT2D eigenvalue weighted by Gasteiger charge is -2.00. The molecular formula is C20H22N2O2. The Kier molecular flexibility index (Phi) is 4.65. The molecule has 0 saturated carbocycles. The van der Waals surface area contributed by atoms with Crippen molar-refractivity contribution in [2.75, 3.05) is 23.7 Å². The lowest BCUT2D eigenvalue weighted by atomic mass is 10.1. The van der Waals surface area contributed by atoms with E-state index in [1.165, 1.54) is 22.5 Å². The van der Waals surface area contributed by atoms with E-state index in [-0.39, 0.29) is 11.6 Å². The summed E-state index contributed by atoms with van der Waals surface area (Å²) in [5.41, 5.74) is 6.53. The van der Waals surface area contributed by atoms with E-state index >= 15 is 0 Å². The Hall–Kier alpha value is -2.62. The lowest BCUT2D eigenvalue weighted by Crippen LogP contribution is -1.92. The molecule has 0 saturated heterocycles. The van der Waals surface area contributed by atoms with Crippen molar-refractivity contribution in [2.24, 2.45) is 0 Å². The highest BCUT2D eigenvalue weighted by molar-refractivity contribution is 5.95. The van der Waals surface area contributed by atoms with Crippen LogP contribution in [0.2, 0.25) is 0 Å². The monoisotopic (exact) mass is 322 g/mol. The number of anilines is 2. The average molecular weight is 322 g/mol. The highest BCUT2D eigenvalue weighted by Gasteiger charge is 2.11. The Morgan fingerprint density at radius 1 is 0.750 bits per heavy atom. The van der Waals surface area contributed by atoms with Gasteiger partial charge in [-0.15, -0.1) is 0 Å². The van der Waals surface area contributed by atoms with Crippen LogP contribution in [0.4, 0.5) is 11.4 Å². The molecule has 0 atom stereocenters.